The molecule has 3 aromatic rings. The Morgan fingerprint density at radius 3 is 2.03 bits per heavy atom. The lowest BCUT2D eigenvalue weighted by Crippen LogP contribution is -2.29. The molecule has 0 N–H and O–H groups in total. The maximum absolute atomic E-state index is 13.4. The smallest absolute Gasteiger partial charge is 0.273 e. The van der Waals surface area contributed by atoms with Crippen molar-refractivity contribution in [2.24, 2.45) is 4.99 Å². The van der Waals surface area contributed by atoms with Crippen LogP contribution < -0.4 is 19.1 Å². The molecule has 4 rings (SSSR count). The summed E-state index contributed by atoms with van der Waals surface area (Å²) in [4.78, 5) is 19.9. The monoisotopic (exact) mass is 416 g/mol. The molecule has 1 aliphatic rings. The number of methoxy groups -OCH3 is 3. The van der Waals surface area contributed by atoms with Crippen molar-refractivity contribution in [2.75, 3.05) is 26.2 Å². The van der Waals surface area contributed by atoms with E-state index in [1.165, 1.54) is 0 Å². The fraction of sp³-hybridized carbons (Fsp3) is 0.200. The van der Waals surface area contributed by atoms with E-state index < -0.39 is 0 Å². The molecule has 1 atom stereocenters. The van der Waals surface area contributed by atoms with Crippen LogP contribution in [0.2, 0.25) is 0 Å². The third-order valence-electron chi connectivity index (χ3n) is 5.33. The molecular weight excluding hydrogens is 392 g/mol. The average Bonchev–Trinajstić information content (AvgIpc) is 3.15. The third-order valence-corrected chi connectivity index (χ3v) is 5.33. The molecular formula is C25H24N2O4. The Hall–Kier alpha value is -3.80. The van der Waals surface area contributed by atoms with Crippen LogP contribution in [0.25, 0.3) is 0 Å². The Morgan fingerprint density at radius 2 is 1.42 bits per heavy atom. The van der Waals surface area contributed by atoms with Gasteiger partial charge in [0.2, 0.25) is 0 Å². The Kier molecular flexibility index (Phi) is 5.89. The van der Waals surface area contributed by atoms with E-state index in [4.69, 9.17) is 14.2 Å². The number of hydrogen-bond donors (Lipinski definition) is 0. The van der Waals surface area contributed by atoms with Crippen molar-refractivity contribution in [1.29, 1.82) is 0 Å². The van der Waals surface area contributed by atoms with Crippen molar-refractivity contribution in [1.82, 2.24) is 0 Å². The second-order valence-corrected chi connectivity index (χ2v) is 7.13. The van der Waals surface area contributed by atoms with Crippen LogP contribution in [0, 0.1) is 0 Å². The van der Waals surface area contributed by atoms with Gasteiger partial charge in [0.25, 0.3) is 5.91 Å². The molecule has 6 nitrogen and oxygen atoms in total. The summed E-state index contributed by atoms with van der Waals surface area (Å²) in [6.07, 6.45) is 0.490. The van der Waals surface area contributed by atoms with E-state index in [1.54, 1.807) is 26.2 Å². The van der Waals surface area contributed by atoms with Gasteiger partial charge in [0, 0.05) is 12.1 Å². The number of hydrogen-bond acceptors (Lipinski definition) is 5. The summed E-state index contributed by atoms with van der Waals surface area (Å²) in [5.74, 6) is 2.12. The van der Waals surface area contributed by atoms with Crippen molar-refractivity contribution >= 4 is 23.0 Å². The highest BCUT2D eigenvalue weighted by atomic mass is 16.5. The summed E-state index contributed by atoms with van der Waals surface area (Å²) in [7, 11) is 4.87. The van der Waals surface area contributed by atoms with E-state index in [1.807, 2.05) is 72.8 Å². The maximum atomic E-state index is 13.4. The fourth-order valence-corrected chi connectivity index (χ4v) is 3.70. The zero-order valence-corrected chi connectivity index (χ0v) is 17.7. The van der Waals surface area contributed by atoms with Crippen LogP contribution in [0.4, 0.5) is 11.4 Å². The predicted molar refractivity (Wildman–Crippen MR) is 121 cm³/mol. The minimum atomic E-state index is -0.187. The lowest BCUT2D eigenvalue weighted by molar-refractivity contribution is -0.112. The summed E-state index contributed by atoms with van der Waals surface area (Å²) in [6, 6.07) is 22.4. The number of anilines is 1. The van der Waals surface area contributed by atoms with E-state index in [0.717, 1.165) is 28.5 Å². The number of benzene rings is 3. The number of carbonyl (C=O) groups is 1. The summed E-state index contributed by atoms with van der Waals surface area (Å²) in [6.45, 7) is 0. The molecule has 1 fully saturated rings. The first-order valence-corrected chi connectivity index (χ1v) is 9.96. The van der Waals surface area contributed by atoms with Gasteiger partial charge in [0.1, 0.15) is 23.0 Å². The van der Waals surface area contributed by atoms with Gasteiger partial charge in [-0.05, 0) is 66.2 Å². The first kappa shape index (κ1) is 20.5. The quantitative estimate of drug-likeness (QED) is 0.570. The van der Waals surface area contributed by atoms with Gasteiger partial charge >= 0.3 is 0 Å². The van der Waals surface area contributed by atoms with Crippen LogP contribution in [-0.4, -0.2) is 32.9 Å². The molecule has 1 aliphatic heterocycles. The Bertz CT molecular complexity index is 1090. The van der Waals surface area contributed by atoms with Gasteiger partial charge in [-0.1, -0.05) is 12.1 Å². The minimum absolute atomic E-state index is 0.117. The number of nitrogens with zero attached hydrogens (tertiary/aromatic N) is 2. The minimum Gasteiger partial charge on any atom is -0.497 e. The number of amides is 1. The molecule has 0 radical (unpaired) electrons. The van der Waals surface area contributed by atoms with Crippen LogP contribution in [0.3, 0.4) is 0 Å². The zero-order chi connectivity index (χ0) is 21.8. The summed E-state index contributed by atoms with van der Waals surface area (Å²) in [5.41, 5.74) is 3.00. The summed E-state index contributed by atoms with van der Waals surface area (Å²) < 4.78 is 15.9. The molecule has 31 heavy (non-hydrogen) atoms. The number of aliphatic imine (C=N–C) groups is 1. The molecule has 0 aromatic heterocycles. The van der Waals surface area contributed by atoms with Gasteiger partial charge in [-0.15, -0.1) is 0 Å². The van der Waals surface area contributed by atoms with Crippen LogP contribution in [-0.2, 0) is 4.79 Å². The highest BCUT2D eigenvalue weighted by Gasteiger charge is 2.38. The molecule has 0 bridgehead atoms. The van der Waals surface area contributed by atoms with Gasteiger partial charge in [0.05, 0.1) is 33.1 Å². The highest BCUT2D eigenvalue weighted by molar-refractivity contribution is 6.46. The van der Waals surface area contributed by atoms with Crippen LogP contribution in [0.1, 0.15) is 18.0 Å². The van der Waals surface area contributed by atoms with E-state index in [2.05, 4.69) is 4.99 Å². The van der Waals surface area contributed by atoms with Crippen molar-refractivity contribution in [2.45, 2.75) is 12.5 Å². The van der Waals surface area contributed by atoms with E-state index in [0.29, 0.717) is 17.8 Å². The lowest BCUT2D eigenvalue weighted by Gasteiger charge is -2.25. The van der Waals surface area contributed by atoms with Gasteiger partial charge in [-0.3, -0.25) is 9.69 Å². The number of rotatable bonds is 6. The second-order valence-electron chi connectivity index (χ2n) is 7.13. The molecule has 1 heterocycles. The molecule has 1 unspecified atom stereocenters. The van der Waals surface area contributed by atoms with Crippen molar-refractivity contribution in [3.63, 3.8) is 0 Å². The molecule has 3 aromatic carbocycles. The highest BCUT2D eigenvalue weighted by Crippen LogP contribution is 2.38. The SMILES string of the molecule is COc1ccc(N=C2CC(c3cccc(OC)c3)N(c3ccc(OC)cc3)C2=O)cc1. The topological polar surface area (TPSA) is 60.4 Å². The molecule has 0 aliphatic carbocycles. The van der Waals surface area contributed by atoms with Crippen molar-refractivity contribution in [3.05, 3.63) is 78.4 Å². The Balaban J connectivity index is 1.74. The van der Waals surface area contributed by atoms with Gasteiger partial charge < -0.3 is 14.2 Å². The summed E-state index contributed by atoms with van der Waals surface area (Å²) in [5, 5.41) is 0. The average molecular weight is 416 g/mol. The first-order chi connectivity index (χ1) is 15.1. The molecule has 158 valence electrons. The normalized spacial score (nSPS) is 17.1. The van der Waals surface area contributed by atoms with Crippen molar-refractivity contribution in [3.8, 4) is 17.2 Å². The third kappa shape index (κ3) is 4.23. The van der Waals surface area contributed by atoms with E-state index >= 15 is 0 Å². The van der Waals surface area contributed by atoms with E-state index in [9.17, 15) is 4.79 Å². The second kappa shape index (κ2) is 8.92. The first-order valence-electron chi connectivity index (χ1n) is 9.96. The van der Waals surface area contributed by atoms with Gasteiger partial charge in [-0.25, -0.2) is 4.99 Å². The fourth-order valence-electron chi connectivity index (χ4n) is 3.70. The Morgan fingerprint density at radius 1 is 0.806 bits per heavy atom. The van der Waals surface area contributed by atoms with Crippen LogP contribution in [0.5, 0.6) is 17.2 Å². The molecule has 0 saturated carbocycles. The molecule has 0 spiro atoms. The maximum Gasteiger partial charge on any atom is 0.273 e. The molecule has 1 amide bonds. The van der Waals surface area contributed by atoms with Crippen molar-refractivity contribution < 1.29 is 19.0 Å². The predicted octanol–water partition coefficient (Wildman–Crippen LogP) is 4.96. The summed E-state index contributed by atoms with van der Waals surface area (Å²) >= 11 is 0. The van der Waals surface area contributed by atoms with Crippen LogP contribution in [0.15, 0.2) is 77.8 Å². The standard InChI is InChI=1S/C25H24N2O4/c1-29-20-11-7-18(8-12-20)26-23-16-24(17-5-4-6-22(15-17)31-3)27(25(23)28)19-9-13-21(30-2)14-10-19/h4-15,24H,16H2,1-3H3. The Labute approximate surface area is 181 Å². The number of ether oxygens (including phenoxy) is 3. The van der Waals surface area contributed by atoms with Crippen LogP contribution >= 0.6 is 0 Å². The van der Waals surface area contributed by atoms with Gasteiger partial charge in [-0.2, -0.15) is 0 Å². The zero-order valence-electron chi connectivity index (χ0n) is 17.7. The van der Waals surface area contributed by atoms with Gasteiger partial charge in [0.15, 0.2) is 0 Å². The lowest BCUT2D eigenvalue weighted by atomic mass is 10.0. The largest absolute Gasteiger partial charge is 0.497 e. The number of carbonyl (C=O) groups excluding carboxylic acids is 1. The molecule has 1 saturated heterocycles. The van der Waals surface area contributed by atoms with E-state index in [-0.39, 0.29) is 11.9 Å². The molecule has 6 heteroatoms.